The van der Waals surface area contributed by atoms with Crippen LogP contribution in [-0.2, 0) is 16.0 Å². The highest BCUT2D eigenvalue weighted by molar-refractivity contribution is 5.70. The van der Waals surface area contributed by atoms with E-state index in [9.17, 15) is 9.59 Å². The number of amides is 2. The Kier molecular flexibility index (Phi) is 9.81. The Morgan fingerprint density at radius 1 is 0.907 bits per heavy atom. The number of carbonyl (C=O) groups is 2. The summed E-state index contributed by atoms with van der Waals surface area (Å²) in [5.41, 5.74) is 6.67. The fourth-order valence-electron chi connectivity index (χ4n) is 4.95. The molecular weight excluding hydrogens is 554 g/mol. The molecule has 0 unspecified atom stereocenters. The lowest BCUT2D eigenvalue weighted by Gasteiger charge is -2.28. The van der Waals surface area contributed by atoms with Crippen molar-refractivity contribution in [3.63, 3.8) is 0 Å². The number of hydrogen-bond donors (Lipinski definition) is 2. The summed E-state index contributed by atoms with van der Waals surface area (Å²) in [7, 11) is 0. The number of nitrogens with one attached hydrogen (secondary N) is 1. The van der Waals surface area contributed by atoms with Crippen LogP contribution in [0, 0.1) is 0 Å². The molecule has 5 heterocycles. The van der Waals surface area contributed by atoms with Crippen molar-refractivity contribution in [2.45, 2.75) is 97.1 Å². The molecule has 5 rings (SSSR count). The van der Waals surface area contributed by atoms with Gasteiger partial charge in [-0.1, -0.05) is 5.21 Å². The average molecular weight is 598 g/mol. The summed E-state index contributed by atoms with van der Waals surface area (Å²) in [5.74, 6) is 0.598. The zero-order chi connectivity index (χ0) is 31.2. The number of fused-ring (bicyclic) bond motifs is 1. The van der Waals surface area contributed by atoms with Crippen LogP contribution in [0.1, 0.15) is 67.2 Å². The molecule has 3 aromatic rings. The van der Waals surface area contributed by atoms with E-state index < -0.39 is 11.2 Å². The zero-order valence-corrected chi connectivity index (χ0v) is 25.9. The summed E-state index contributed by atoms with van der Waals surface area (Å²) in [6, 6.07) is 0.143. The minimum absolute atomic E-state index is 0.0507. The molecule has 2 fully saturated rings. The van der Waals surface area contributed by atoms with Crippen molar-refractivity contribution in [3.8, 4) is 0 Å². The van der Waals surface area contributed by atoms with Crippen molar-refractivity contribution in [3.05, 3.63) is 25.0 Å². The molecule has 0 bridgehead atoms. The molecule has 234 valence electrons. The van der Waals surface area contributed by atoms with Gasteiger partial charge in [-0.15, -0.1) is 5.10 Å². The van der Waals surface area contributed by atoms with Crippen LogP contribution in [0.4, 0.5) is 21.1 Å². The molecule has 0 aromatic carbocycles. The molecule has 15 nitrogen and oxygen atoms in total. The van der Waals surface area contributed by atoms with Crippen LogP contribution in [0.2, 0.25) is 0 Å². The van der Waals surface area contributed by atoms with Crippen molar-refractivity contribution in [1.82, 2.24) is 44.7 Å². The van der Waals surface area contributed by atoms with Gasteiger partial charge >= 0.3 is 12.2 Å². The van der Waals surface area contributed by atoms with Gasteiger partial charge in [-0.3, -0.25) is 0 Å². The third-order valence-electron chi connectivity index (χ3n) is 6.82. The summed E-state index contributed by atoms with van der Waals surface area (Å²) in [5, 5.41) is 11.3. The fraction of sp³-hybridized carbons (Fsp3) is 0.643. The summed E-state index contributed by atoms with van der Waals surface area (Å²) in [6.07, 6.45) is 9.37. The van der Waals surface area contributed by atoms with Crippen molar-refractivity contribution in [2.24, 2.45) is 0 Å². The van der Waals surface area contributed by atoms with Gasteiger partial charge in [-0.25, -0.2) is 34.2 Å². The lowest BCUT2D eigenvalue weighted by Crippen LogP contribution is -2.42. The van der Waals surface area contributed by atoms with Crippen LogP contribution >= 0.6 is 0 Å². The topological polar surface area (TPSA) is 179 Å². The Bertz CT molecular complexity index is 1380. The molecule has 15 heteroatoms. The van der Waals surface area contributed by atoms with Gasteiger partial charge in [0, 0.05) is 19.6 Å². The predicted molar refractivity (Wildman–Crippen MR) is 160 cm³/mol. The number of nitrogens with two attached hydrogens (primary N) is 1. The summed E-state index contributed by atoms with van der Waals surface area (Å²) in [4.78, 5) is 44.1. The highest BCUT2D eigenvalue weighted by Crippen LogP contribution is 2.24. The van der Waals surface area contributed by atoms with Crippen molar-refractivity contribution in [1.29, 1.82) is 0 Å². The second-order valence-electron chi connectivity index (χ2n) is 12.7. The number of rotatable bonds is 5. The molecule has 0 radical (unpaired) electrons. The normalized spacial score (nSPS) is 18.7. The zero-order valence-electron chi connectivity index (χ0n) is 25.9. The molecule has 2 aliphatic rings. The maximum absolute atomic E-state index is 12.3. The molecule has 3 aromatic heterocycles. The molecule has 0 saturated carbocycles. The largest absolute Gasteiger partial charge is 0.444 e. The van der Waals surface area contributed by atoms with E-state index >= 15 is 0 Å². The van der Waals surface area contributed by atoms with E-state index in [1.54, 1.807) is 26.9 Å². The van der Waals surface area contributed by atoms with Gasteiger partial charge in [0.1, 0.15) is 23.9 Å². The van der Waals surface area contributed by atoms with E-state index in [1.165, 1.54) is 12.7 Å². The van der Waals surface area contributed by atoms with Gasteiger partial charge in [0.15, 0.2) is 17.0 Å². The number of ether oxygens (including phenoxy) is 2. The number of carbonyl (C=O) groups excluding carboxylic acids is 2. The first-order chi connectivity index (χ1) is 20.3. The van der Waals surface area contributed by atoms with Crippen LogP contribution in [0.3, 0.4) is 0 Å². The molecular formula is C28H43N11O4. The van der Waals surface area contributed by atoms with Gasteiger partial charge in [0.05, 0.1) is 36.7 Å². The SMILES string of the molecule is CC(C)(C)OC(=O)N1CCC[C@H]1CNc1ncncc1N.CC(C)(C)OC(=O)N1CCC[C@H]1Cn1nnc2cncnc21. The van der Waals surface area contributed by atoms with Crippen LogP contribution in [0.15, 0.2) is 25.0 Å². The van der Waals surface area contributed by atoms with Crippen molar-refractivity contribution in [2.75, 3.05) is 30.7 Å². The van der Waals surface area contributed by atoms with E-state index in [0.29, 0.717) is 42.3 Å². The molecule has 3 N–H and O–H groups in total. The predicted octanol–water partition coefficient (Wildman–Crippen LogP) is 3.49. The van der Waals surface area contributed by atoms with Crippen molar-refractivity contribution < 1.29 is 19.1 Å². The Balaban J connectivity index is 0.000000197. The smallest absolute Gasteiger partial charge is 0.410 e. The number of anilines is 2. The van der Waals surface area contributed by atoms with Crippen LogP contribution < -0.4 is 11.1 Å². The molecule has 0 spiro atoms. The Morgan fingerprint density at radius 2 is 1.49 bits per heavy atom. The average Bonchev–Trinajstić information content (AvgIpc) is 3.67. The monoisotopic (exact) mass is 597 g/mol. The maximum Gasteiger partial charge on any atom is 0.410 e. The molecule has 0 aliphatic carbocycles. The number of nitrogens with zero attached hydrogens (tertiary/aromatic N) is 9. The first kappa shape index (κ1) is 31.6. The first-order valence-corrected chi connectivity index (χ1v) is 14.6. The second kappa shape index (κ2) is 13.3. The van der Waals surface area contributed by atoms with Crippen LogP contribution in [-0.4, -0.2) is 99.8 Å². The highest BCUT2D eigenvalue weighted by atomic mass is 16.6. The molecule has 2 atom stereocenters. The van der Waals surface area contributed by atoms with E-state index in [-0.39, 0.29) is 24.3 Å². The summed E-state index contributed by atoms with van der Waals surface area (Å²) in [6.45, 7) is 13.8. The van der Waals surface area contributed by atoms with Crippen LogP contribution in [0.25, 0.3) is 11.2 Å². The first-order valence-electron chi connectivity index (χ1n) is 14.6. The quantitative estimate of drug-likeness (QED) is 0.438. The van der Waals surface area contributed by atoms with E-state index in [0.717, 1.165) is 32.2 Å². The third-order valence-corrected chi connectivity index (χ3v) is 6.82. The molecule has 2 amide bonds. The number of hydrogen-bond acceptors (Lipinski definition) is 12. The third kappa shape index (κ3) is 8.85. The standard InChI is InChI=1S/C14H20N6O2.C14H23N5O2/c1-14(2,3)22-13(21)19-6-4-5-10(19)8-20-12-11(17-18-20)7-15-9-16-12;1-14(2,3)21-13(20)19-6-4-5-10(19)7-17-12-11(15)8-16-9-18-12/h7,9-10H,4-6,8H2,1-3H3;8-10H,4-7,15H2,1-3H3,(H,16,17,18)/t2*10-/m00/s1. The van der Waals surface area contributed by atoms with Crippen molar-refractivity contribution >= 4 is 34.9 Å². The fourth-order valence-corrected chi connectivity index (χ4v) is 4.95. The van der Waals surface area contributed by atoms with Gasteiger partial charge in [-0.2, -0.15) is 0 Å². The van der Waals surface area contributed by atoms with Gasteiger partial charge < -0.3 is 30.3 Å². The van der Waals surface area contributed by atoms with E-state index in [1.807, 2.05) is 41.5 Å². The Labute approximate surface area is 251 Å². The molecule has 2 aliphatic heterocycles. The number of nitrogen functional groups attached to an aromatic ring is 1. The lowest BCUT2D eigenvalue weighted by molar-refractivity contribution is 0.0207. The van der Waals surface area contributed by atoms with Gasteiger partial charge in [0.25, 0.3) is 0 Å². The van der Waals surface area contributed by atoms with Gasteiger partial charge in [-0.05, 0) is 67.2 Å². The molecule has 2 saturated heterocycles. The summed E-state index contributed by atoms with van der Waals surface area (Å²) >= 11 is 0. The minimum Gasteiger partial charge on any atom is -0.444 e. The Hall–Kier alpha value is -4.30. The van der Waals surface area contributed by atoms with Gasteiger partial charge in [0.2, 0.25) is 0 Å². The minimum atomic E-state index is -0.489. The Morgan fingerprint density at radius 3 is 2.12 bits per heavy atom. The highest BCUT2D eigenvalue weighted by Gasteiger charge is 2.33. The summed E-state index contributed by atoms with van der Waals surface area (Å²) < 4.78 is 12.6. The van der Waals surface area contributed by atoms with Crippen LogP contribution in [0.5, 0.6) is 0 Å². The second-order valence-corrected chi connectivity index (χ2v) is 12.7. The molecule has 43 heavy (non-hydrogen) atoms. The lowest BCUT2D eigenvalue weighted by atomic mass is 10.2. The number of likely N-dealkylation sites (tertiary alicyclic amines) is 2. The van der Waals surface area contributed by atoms with E-state index in [4.69, 9.17) is 15.2 Å². The maximum atomic E-state index is 12.3. The van der Waals surface area contributed by atoms with E-state index in [2.05, 4.69) is 35.6 Å². The number of aromatic nitrogens is 7.